The topological polar surface area (TPSA) is 79.5 Å². The summed E-state index contributed by atoms with van der Waals surface area (Å²) in [6, 6.07) is 13.0. The van der Waals surface area contributed by atoms with Gasteiger partial charge in [0.25, 0.3) is 11.8 Å². The summed E-state index contributed by atoms with van der Waals surface area (Å²) in [4.78, 5) is 25.6. The van der Waals surface area contributed by atoms with Crippen molar-refractivity contribution < 1.29 is 18.7 Å². The third-order valence-electron chi connectivity index (χ3n) is 6.53. The molecule has 0 radical (unpaired) electrons. The summed E-state index contributed by atoms with van der Waals surface area (Å²) in [6.07, 6.45) is -0.738. The SMILES string of the molecule is CNC(=O)c1cc(C(=O)NC2C3CNCC32)cc2c1OC(CF)[C@H]2c1ccccc1. The molecule has 2 heterocycles. The van der Waals surface area contributed by atoms with Crippen molar-refractivity contribution in [3.05, 3.63) is 64.7 Å². The van der Waals surface area contributed by atoms with Crippen molar-refractivity contribution in [3.63, 3.8) is 0 Å². The highest BCUT2D eigenvalue weighted by molar-refractivity contribution is 6.02. The molecule has 7 heteroatoms. The van der Waals surface area contributed by atoms with E-state index < -0.39 is 12.8 Å². The van der Waals surface area contributed by atoms with Gasteiger partial charge in [-0.05, 0) is 29.5 Å². The number of carbonyl (C=O) groups excluding carboxylic acids is 2. The Labute approximate surface area is 174 Å². The van der Waals surface area contributed by atoms with Gasteiger partial charge in [-0.3, -0.25) is 9.59 Å². The Kier molecular flexibility index (Phi) is 4.70. The first-order valence-corrected chi connectivity index (χ1v) is 10.3. The third kappa shape index (κ3) is 3.04. The first-order valence-electron chi connectivity index (χ1n) is 10.3. The molecule has 4 atom stereocenters. The lowest BCUT2D eigenvalue weighted by Gasteiger charge is -2.16. The first-order chi connectivity index (χ1) is 14.6. The molecule has 3 N–H and O–H groups in total. The van der Waals surface area contributed by atoms with E-state index in [1.54, 1.807) is 12.1 Å². The van der Waals surface area contributed by atoms with Crippen molar-refractivity contribution in [1.82, 2.24) is 16.0 Å². The van der Waals surface area contributed by atoms with Gasteiger partial charge in [-0.2, -0.15) is 0 Å². The van der Waals surface area contributed by atoms with Gasteiger partial charge in [0.2, 0.25) is 0 Å². The maximum atomic E-state index is 13.9. The van der Waals surface area contributed by atoms with Crippen LogP contribution in [0.25, 0.3) is 0 Å². The van der Waals surface area contributed by atoms with Crippen LogP contribution in [0.15, 0.2) is 42.5 Å². The number of benzene rings is 2. The lowest BCUT2D eigenvalue weighted by molar-refractivity contribution is 0.0946. The number of halogens is 1. The minimum absolute atomic E-state index is 0.176. The number of hydrogen-bond acceptors (Lipinski definition) is 4. The van der Waals surface area contributed by atoms with Crippen molar-refractivity contribution in [2.45, 2.75) is 18.1 Å². The van der Waals surface area contributed by atoms with Crippen LogP contribution in [0, 0.1) is 11.8 Å². The Hall–Kier alpha value is -2.93. The summed E-state index contributed by atoms with van der Waals surface area (Å²) in [7, 11) is 1.52. The van der Waals surface area contributed by atoms with E-state index in [0.29, 0.717) is 28.7 Å². The van der Waals surface area contributed by atoms with Crippen LogP contribution in [-0.2, 0) is 0 Å². The molecule has 5 rings (SSSR count). The van der Waals surface area contributed by atoms with Gasteiger partial charge >= 0.3 is 0 Å². The van der Waals surface area contributed by atoms with Crippen LogP contribution in [0.4, 0.5) is 4.39 Å². The summed E-state index contributed by atoms with van der Waals surface area (Å²) in [5, 5.41) is 9.01. The minimum Gasteiger partial charge on any atom is -0.486 e. The lowest BCUT2D eigenvalue weighted by Crippen LogP contribution is -2.32. The van der Waals surface area contributed by atoms with Gasteiger partial charge < -0.3 is 20.7 Å². The molecule has 1 aliphatic carbocycles. The number of ether oxygens (including phenoxy) is 1. The zero-order chi connectivity index (χ0) is 20.8. The Morgan fingerprint density at radius 3 is 2.53 bits per heavy atom. The second kappa shape index (κ2) is 7.40. The average Bonchev–Trinajstić information content (AvgIpc) is 3.14. The van der Waals surface area contributed by atoms with Crippen LogP contribution < -0.4 is 20.7 Å². The molecule has 0 aromatic heterocycles. The van der Waals surface area contributed by atoms with Gasteiger partial charge in [0, 0.05) is 37.3 Å². The molecular formula is C23H24FN3O3. The van der Waals surface area contributed by atoms with Crippen LogP contribution in [-0.4, -0.2) is 50.8 Å². The standard InChI is InChI=1S/C23H24FN3O3/c1-25-23(29)15-8-13(22(28)27-20-16-10-26-11-17(16)20)7-14-19(12-5-3-2-4-6-12)18(9-24)30-21(14)15/h2-8,16-20,26H,9-11H2,1H3,(H,25,29)(H,27,28)/t16?,17?,18?,19-,20?/m0/s1. The summed E-state index contributed by atoms with van der Waals surface area (Å²) in [5.74, 6) is 0.371. The van der Waals surface area contributed by atoms with E-state index in [0.717, 1.165) is 18.7 Å². The molecule has 3 unspecified atom stereocenters. The van der Waals surface area contributed by atoms with Crippen LogP contribution in [0.3, 0.4) is 0 Å². The molecule has 6 nitrogen and oxygen atoms in total. The molecule has 1 saturated carbocycles. The summed E-state index contributed by atoms with van der Waals surface area (Å²) < 4.78 is 19.8. The van der Waals surface area contributed by atoms with E-state index in [9.17, 15) is 14.0 Å². The highest BCUT2D eigenvalue weighted by atomic mass is 19.1. The Morgan fingerprint density at radius 1 is 1.13 bits per heavy atom. The van der Waals surface area contributed by atoms with E-state index in [-0.39, 0.29) is 29.3 Å². The fourth-order valence-electron chi connectivity index (χ4n) is 4.91. The monoisotopic (exact) mass is 409 g/mol. The second-order valence-electron chi connectivity index (χ2n) is 8.21. The quantitative estimate of drug-likeness (QED) is 0.704. The van der Waals surface area contributed by atoms with E-state index in [1.807, 2.05) is 30.3 Å². The third-order valence-corrected chi connectivity index (χ3v) is 6.53. The van der Waals surface area contributed by atoms with Gasteiger partial charge in [-0.15, -0.1) is 0 Å². The van der Waals surface area contributed by atoms with Crippen molar-refractivity contribution in [2.75, 3.05) is 26.8 Å². The molecule has 156 valence electrons. The summed E-state index contributed by atoms with van der Waals surface area (Å²) in [6.45, 7) is 1.15. The van der Waals surface area contributed by atoms with Crippen LogP contribution in [0.1, 0.15) is 37.8 Å². The number of amides is 2. The number of carbonyl (C=O) groups is 2. The van der Waals surface area contributed by atoms with E-state index in [2.05, 4.69) is 16.0 Å². The molecule has 0 bridgehead atoms. The number of piperidine rings is 1. The van der Waals surface area contributed by atoms with Gasteiger partial charge in [0.15, 0.2) is 0 Å². The number of rotatable bonds is 5. The Bertz CT molecular complexity index is 987. The Morgan fingerprint density at radius 2 is 1.87 bits per heavy atom. The fraction of sp³-hybridized carbons (Fsp3) is 0.391. The van der Waals surface area contributed by atoms with Gasteiger partial charge in [0.1, 0.15) is 18.5 Å². The number of fused-ring (bicyclic) bond motifs is 2. The number of alkyl halides is 1. The smallest absolute Gasteiger partial charge is 0.254 e. The predicted molar refractivity (Wildman–Crippen MR) is 110 cm³/mol. The van der Waals surface area contributed by atoms with Gasteiger partial charge in [-0.1, -0.05) is 30.3 Å². The van der Waals surface area contributed by atoms with E-state index in [4.69, 9.17) is 4.74 Å². The molecule has 3 aliphatic rings. The molecule has 1 saturated heterocycles. The van der Waals surface area contributed by atoms with Crippen molar-refractivity contribution in [2.24, 2.45) is 11.8 Å². The number of hydrogen-bond donors (Lipinski definition) is 3. The molecular weight excluding hydrogens is 385 g/mol. The molecule has 2 amide bonds. The van der Waals surface area contributed by atoms with Crippen molar-refractivity contribution in [3.8, 4) is 5.75 Å². The summed E-state index contributed by atoms with van der Waals surface area (Å²) >= 11 is 0. The zero-order valence-corrected chi connectivity index (χ0v) is 16.7. The van der Waals surface area contributed by atoms with Crippen molar-refractivity contribution in [1.29, 1.82) is 0 Å². The lowest BCUT2D eigenvalue weighted by atomic mass is 9.86. The van der Waals surface area contributed by atoms with Gasteiger partial charge in [0.05, 0.1) is 11.5 Å². The highest BCUT2D eigenvalue weighted by Gasteiger charge is 2.53. The molecule has 0 spiro atoms. The van der Waals surface area contributed by atoms with Crippen LogP contribution >= 0.6 is 0 Å². The zero-order valence-electron chi connectivity index (χ0n) is 16.7. The molecule has 2 fully saturated rings. The molecule has 30 heavy (non-hydrogen) atoms. The molecule has 2 aromatic rings. The molecule has 2 aliphatic heterocycles. The first kappa shape index (κ1) is 19.1. The molecule has 2 aromatic carbocycles. The van der Waals surface area contributed by atoms with E-state index >= 15 is 0 Å². The van der Waals surface area contributed by atoms with Crippen molar-refractivity contribution >= 4 is 11.8 Å². The predicted octanol–water partition coefficient (Wildman–Crippen LogP) is 1.86. The Balaban J connectivity index is 1.54. The highest BCUT2D eigenvalue weighted by Crippen LogP contribution is 2.46. The average molecular weight is 409 g/mol. The minimum atomic E-state index is -0.738. The number of nitrogens with one attached hydrogen (secondary N) is 3. The fourth-order valence-corrected chi connectivity index (χ4v) is 4.91. The second-order valence-corrected chi connectivity index (χ2v) is 8.21. The van der Waals surface area contributed by atoms with Gasteiger partial charge in [-0.25, -0.2) is 4.39 Å². The normalized spacial score (nSPS) is 28.3. The largest absolute Gasteiger partial charge is 0.486 e. The maximum absolute atomic E-state index is 13.9. The summed E-state index contributed by atoms with van der Waals surface area (Å²) in [5.41, 5.74) is 2.22. The van der Waals surface area contributed by atoms with Crippen LogP contribution in [0.2, 0.25) is 0 Å². The maximum Gasteiger partial charge on any atom is 0.254 e. The van der Waals surface area contributed by atoms with Crippen LogP contribution in [0.5, 0.6) is 5.75 Å². The van der Waals surface area contributed by atoms with E-state index in [1.165, 1.54) is 7.05 Å².